The molecule has 0 spiro atoms. The summed E-state index contributed by atoms with van der Waals surface area (Å²) in [6.07, 6.45) is -2.52. The lowest BCUT2D eigenvalue weighted by Crippen LogP contribution is -2.22. The molecular formula is C20H15F3N4O3S. The van der Waals surface area contributed by atoms with Gasteiger partial charge in [-0.1, -0.05) is 36.3 Å². The van der Waals surface area contributed by atoms with Gasteiger partial charge in [0.25, 0.3) is 5.16 Å². The molecule has 2 aromatic carbocycles. The smallest absolute Gasteiger partial charge is 0.279 e. The van der Waals surface area contributed by atoms with Gasteiger partial charge < -0.3 is 0 Å². The summed E-state index contributed by atoms with van der Waals surface area (Å²) >= 11 is 0. The Morgan fingerprint density at radius 3 is 2.48 bits per heavy atom. The molecule has 2 heterocycles. The summed E-state index contributed by atoms with van der Waals surface area (Å²) < 4.78 is 107. The van der Waals surface area contributed by atoms with Gasteiger partial charge in [0.1, 0.15) is 0 Å². The minimum absolute atomic E-state index is 0.0936. The molecule has 2 aromatic heterocycles. The van der Waals surface area contributed by atoms with E-state index < -0.39 is 79.5 Å². The SMILES string of the molecule is [2H]c1c([2H])c([2H])c(CS(=O)(=O)c2nnc3c(=O)n(-c4cccc(C(F)(F)F)c4C)ccn23)c([2H])c1[2H]. The van der Waals surface area contributed by atoms with Gasteiger partial charge in [0.05, 0.1) is 23.9 Å². The van der Waals surface area contributed by atoms with E-state index in [1.165, 1.54) is 13.0 Å². The van der Waals surface area contributed by atoms with E-state index in [2.05, 4.69) is 10.2 Å². The lowest BCUT2D eigenvalue weighted by atomic mass is 10.1. The average Bonchev–Trinajstić information content (AvgIpc) is 3.25. The van der Waals surface area contributed by atoms with Crippen LogP contribution in [-0.4, -0.2) is 27.6 Å². The van der Waals surface area contributed by atoms with E-state index in [0.29, 0.717) is 0 Å². The number of sulfone groups is 1. The molecule has 4 rings (SSSR count). The molecule has 0 aliphatic carbocycles. The molecule has 7 nitrogen and oxygen atoms in total. The fourth-order valence-electron chi connectivity index (χ4n) is 3.06. The predicted molar refractivity (Wildman–Crippen MR) is 106 cm³/mol. The first-order valence-corrected chi connectivity index (χ1v) is 10.2. The topological polar surface area (TPSA) is 86.3 Å². The molecule has 0 bridgehead atoms. The van der Waals surface area contributed by atoms with Crippen molar-refractivity contribution < 1.29 is 28.4 Å². The lowest BCUT2D eigenvalue weighted by Gasteiger charge is -2.15. The number of aromatic nitrogens is 4. The van der Waals surface area contributed by atoms with Gasteiger partial charge in [-0.05, 0) is 30.2 Å². The molecule has 4 aromatic rings. The highest BCUT2D eigenvalue weighted by atomic mass is 32.2. The Hall–Kier alpha value is -3.47. The van der Waals surface area contributed by atoms with Crippen molar-refractivity contribution in [2.45, 2.75) is 24.0 Å². The molecular weight excluding hydrogens is 433 g/mol. The number of hydrogen-bond donors (Lipinski definition) is 0. The summed E-state index contributed by atoms with van der Waals surface area (Å²) in [6.45, 7) is 1.19. The second-order valence-corrected chi connectivity index (χ2v) is 8.34. The summed E-state index contributed by atoms with van der Waals surface area (Å²) in [5.41, 5.74) is -3.22. The summed E-state index contributed by atoms with van der Waals surface area (Å²) in [5, 5.41) is 6.38. The van der Waals surface area contributed by atoms with Gasteiger partial charge in [0.2, 0.25) is 15.5 Å². The second-order valence-electron chi connectivity index (χ2n) is 6.46. The maximum Gasteiger partial charge on any atom is 0.416 e. The van der Waals surface area contributed by atoms with E-state index >= 15 is 0 Å². The molecule has 160 valence electrons. The molecule has 0 saturated heterocycles. The third kappa shape index (κ3) is 3.72. The van der Waals surface area contributed by atoms with E-state index in [1.807, 2.05) is 0 Å². The minimum Gasteiger partial charge on any atom is -0.279 e. The van der Waals surface area contributed by atoms with E-state index in [4.69, 9.17) is 6.85 Å². The number of rotatable bonds is 4. The van der Waals surface area contributed by atoms with Crippen molar-refractivity contribution in [1.29, 1.82) is 0 Å². The Bertz CT molecular complexity index is 1690. The van der Waals surface area contributed by atoms with Gasteiger partial charge in [0, 0.05) is 12.4 Å². The molecule has 0 amide bonds. The van der Waals surface area contributed by atoms with Crippen molar-refractivity contribution in [2.75, 3.05) is 0 Å². The quantitative estimate of drug-likeness (QED) is 0.474. The fourth-order valence-corrected chi connectivity index (χ4v) is 4.33. The van der Waals surface area contributed by atoms with Crippen molar-refractivity contribution in [3.05, 3.63) is 87.8 Å². The van der Waals surface area contributed by atoms with E-state index in [-0.39, 0.29) is 11.3 Å². The highest BCUT2D eigenvalue weighted by Crippen LogP contribution is 2.33. The lowest BCUT2D eigenvalue weighted by molar-refractivity contribution is -0.138. The summed E-state index contributed by atoms with van der Waals surface area (Å²) in [7, 11) is -4.49. The van der Waals surface area contributed by atoms with Crippen LogP contribution in [0.4, 0.5) is 13.2 Å². The highest BCUT2D eigenvalue weighted by Gasteiger charge is 2.33. The number of fused-ring (bicyclic) bond motifs is 1. The third-order valence-electron chi connectivity index (χ3n) is 4.47. The van der Waals surface area contributed by atoms with Gasteiger partial charge in [-0.25, -0.2) is 8.42 Å². The van der Waals surface area contributed by atoms with Crippen LogP contribution in [0.2, 0.25) is 0 Å². The molecule has 0 atom stereocenters. The van der Waals surface area contributed by atoms with Gasteiger partial charge in [-0.15, -0.1) is 10.2 Å². The van der Waals surface area contributed by atoms with Crippen molar-refractivity contribution in [3.8, 4) is 5.69 Å². The zero-order valence-electron chi connectivity index (χ0n) is 20.6. The van der Waals surface area contributed by atoms with Crippen molar-refractivity contribution in [2.24, 2.45) is 0 Å². The number of alkyl halides is 3. The van der Waals surface area contributed by atoms with Crippen LogP contribution in [0.1, 0.15) is 23.5 Å². The standard InChI is InChI=1S/C20H15F3N4O3S/c1-13-15(20(21,22)23)8-5-9-16(13)26-10-11-27-17(18(26)28)24-25-19(27)31(29,30)12-14-6-3-2-4-7-14/h2-11H,12H2,1H3/i2D,3D,4D,6D,7D. The Labute approximate surface area is 181 Å². The first kappa shape index (κ1) is 15.3. The molecule has 0 unspecified atom stereocenters. The number of nitrogens with zero attached hydrogens (tertiary/aromatic N) is 4. The summed E-state index contributed by atoms with van der Waals surface area (Å²) in [5.74, 6) is -1.03. The van der Waals surface area contributed by atoms with Crippen LogP contribution in [0.3, 0.4) is 0 Å². The summed E-state index contributed by atoms with van der Waals surface area (Å²) in [4.78, 5) is 13.0. The van der Waals surface area contributed by atoms with Crippen LogP contribution in [0.5, 0.6) is 0 Å². The van der Waals surface area contributed by atoms with Crippen LogP contribution < -0.4 is 5.56 Å². The molecule has 0 aliphatic rings. The highest BCUT2D eigenvalue weighted by molar-refractivity contribution is 7.90. The third-order valence-corrected chi connectivity index (χ3v) is 5.98. The van der Waals surface area contributed by atoms with Gasteiger partial charge in [-0.3, -0.25) is 13.8 Å². The molecule has 11 heteroatoms. The zero-order chi connectivity index (χ0) is 26.7. The normalized spacial score (nSPS) is 14.6. The average molecular weight is 453 g/mol. The van der Waals surface area contributed by atoms with Crippen LogP contribution in [-0.2, 0) is 21.8 Å². The van der Waals surface area contributed by atoms with Crippen molar-refractivity contribution >= 4 is 15.5 Å². The van der Waals surface area contributed by atoms with Gasteiger partial charge >= 0.3 is 11.7 Å². The molecule has 0 fully saturated rings. The van der Waals surface area contributed by atoms with Gasteiger partial charge in [0.15, 0.2) is 0 Å². The number of halogens is 3. The van der Waals surface area contributed by atoms with Gasteiger partial charge in [-0.2, -0.15) is 13.2 Å². The number of benzene rings is 2. The monoisotopic (exact) mass is 453 g/mol. The molecule has 0 saturated carbocycles. The molecule has 0 radical (unpaired) electrons. The maximum atomic E-state index is 13.3. The van der Waals surface area contributed by atoms with E-state index in [9.17, 15) is 26.4 Å². The Morgan fingerprint density at radius 2 is 1.81 bits per heavy atom. The Kier molecular flexibility index (Phi) is 3.64. The van der Waals surface area contributed by atoms with E-state index in [1.54, 1.807) is 0 Å². The van der Waals surface area contributed by atoms with Crippen molar-refractivity contribution in [1.82, 2.24) is 19.2 Å². The second kappa shape index (κ2) is 7.34. The Balaban J connectivity index is 1.84. The molecule has 0 N–H and O–H groups in total. The fraction of sp³-hybridized carbons (Fsp3) is 0.150. The van der Waals surface area contributed by atoms with Crippen LogP contribution in [0.25, 0.3) is 11.3 Å². The van der Waals surface area contributed by atoms with Crippen molar-refractivity contribution in [3.63, 3.8) is 0 Å². The molecule has 31 heavy (non-hydrogen) atoms. The summed E-state index contributed by atoms with van der Waals surface area (Å²) in [6, 6.07) is -0.260. The van der Waals surface area contributed by atoms with Crippen LogP contribution in [0, 0.1) is 6.92 Å². The molecule has 0 aliphatic heterocycles. The maximum absolute atomic E-state index is 13.3. The van der Waals surface area contributed by atoms with E-state index in [0.717, 1.165) is 33.5 Å². The zero-order valence-corrected chi connectivity index (χ0v) is 16.5. The van der Waals surface area contributed by atoms with Crippen LogP contribution in [0.15, 0.2) is 70.8 Å². The first-order chi connectivity index (χ1) is 16.7. The largest absolute Gasteiger partial charge is 0.416 e. The Morgan fingerprint density at radius 1 is 1.10 bits per heavy atom. The number of hydrogen-bond acceptors (Lipinski definition) is 5. The first-order valence-electron chi connectivity index (χ1n) is 11.1. The minimum atomic E-state index is -4.66. The van der Waals surface area contributed by atoms with Crippen LogP contribution >= 0.6 is 0 Å². The predicted octanol–water partition coefficient (Wildman–Crippen LogP) is 3.18.